The van der Waals surface area contributed by atoms with Crippen molar-refractivity contribution in [2.45, 2.75) is 57.6 Å². The molecule has 0 radical (unpaired) electrons. The van der Waals surface area contributed by atoms with E-state index in [0.717, 1.165) is 61.4 Å². The molecule has 2 aliphatic heterocycles. The third kappa shape index (κ3) is 5.15. The average Bonchev–Trinajstić information content (AvgIpc) is 3.33. The molecule has 3 atom stereocenters. The van der Waals surface area contributed by atoms with E-state index in [0.29, 0.717) is 42.6 Å². The van der Waals surface area contributed by atoms with Gasteiger partial charge in [-0.05, 0) is 67.1 Å². The molecule has 1 saturated carbocycles. The molecule has 0 bridgehead atoms. The van der Waals surface area contributed by atoms with E-state index >= 15 is 4.39 Å². The van der Waals surface area contributed by atoms with Crippen LogP contribution in [0.1, 0.15) is 44.6 Å². The van der Waals surface area contributed by atoms with Crippen molar-refractivity contribution < 1.29 is 24.1 Å². The normalized spacial score (nSPS) is 24.3. The van der Waals surface area contributed by atoms with Crippen LogP contribution in [0.4, 0.5) is 10.2 Å². The topological polar surface area (TPSA) is 113 Å². The molecule has 1 aliphatic carbocycles. The van der Waals surface area contributed by atoms with Gasteiger partial charge in [-0.3, -0.25) is 4.98 Å². The summed E-state index contributed by atoms with van der Waals surface area (Å²) >= 11 is 0. The Labute approximate surface area is 250 Å². The van der Waals surface area contributed by atoms with E-state index in [1.165, 1.54) is 0 Å². The molecule has 2 saturated heterocycles. The fourth-order valence-electron chi connectivity index (χ4n) is 7.40. The van der Waals surface area contributed by atoms with Gasteiger partial charge < -0.3 is 29.9 Å². The number of aryl methyl sites for hydroxylation is 1. The lowest BCUT2D eigenvalue weighted by Crippen LogP contribution is -2.49. The minimum Gasteiger partial charge on any atom is -0.508 e. The van der Waals surface area contributed by atoms with E-state index in [2.05, 4.69) is 15.3 Å². The van der Waals surface area contributed by atoms with Crippen molar-refractivity contribution in [2.24, 2.45) is 5.41 Å². The van der Waals surface area contributed by atoms with Crippen molar-refractivity contribution in [1.29, 1.82) is 0 Å². The van der Waals surface area contributed by atoms with Gasteiger partial charge in [0, 0.05) is 36.3 Å². The molecular weight excluding hydrogens is 549 g/mol. The molecule has 2 aromatic heterocycles. The highest BCUT2D eigenvalue weighted by Crippen LogP contribution is 2.45. The second-order valence-electron chi connectivity index (χ2n) is 12.2. The smallest absolute Gasteiger partial charge is 0.319 e. The van der Waals surface area contributed by atoms with Crippen LogP contribution < -0.4 is 15.0 Å². The number of halogens is 1. The first-order chi connectivity index (χ1) is 21.0. The standard InChI is InChI=1S/C33H38FN5O4/c1-2-20-6-3-7-21-14-22(40)15-24(27(20)21)29-28(34)30-25(16-36-29)31(39-12-13-42-18-23(41)17-39)38-32(37-30)43-19-33-9-4-8-26(33)35-11-5-10-33/h3,6-7,14-16,23,26,35,40-41H,2,4-5,8-13,17-19H2,1H3. The Kier molecular flexibility index (Phi) is 7.53. The van der Waals surface area contributed by atoms with Crippen LogP contribution in [0.2, 0.25) is 0 Å². The molecule has 7 rings (SSSR count). The van der Waals surface area contributed by atoms with Gasteiger partial charge in [0.1, 0.15) is 22.8 Å². The second kappa shape index (κ2) is 11.5. The summed E-state index contributed by atoms with van der Waals surface area (Å²) in [5.74, 6) is -0.110. The van der Waals surface area contributed by atoms with Crippen LogP contribution in [-0.4, -0.2) is 76.8 Å². The predicted molar refractivity (Wildman–Crippen MR) is 163 cm³/mol. The van der Waals surface area contributed by atoms with Crippen LogP contribution in [0, 0.1) is 11.2 Å². The number of aromatic hydroxyl groups is 1. The van der Waals surface area contributed by atoms with Gasteiger partial charge in [0.15, 0.2) is 5.82 Å². The monoisotopic (exact) mass is 587 g/mol. The zero-order valence-electron chi connectivity index (χ0n) is 24.5. The van der Waals surface area contributed by atoms with Gasteiger partial charge in [0.25, 0.3) is 0 Å². The van der Waals surface area contributed by atoms with Crippen molar-refractivity contribution in [3.63, 3.8) is 0 Å². The Bertz CT molecular complexity index is 1670. The second-order valence-corrected chi connectivity index (χ2v) is 12.2. The van der Waals surface area contributed by atoms with Gasteiger partial charge in [-0.15, -0.1) is 0 Å². The Morgan fingerprint density at radius 2 is 2.09 bits per heavy atom. The van der Waals surface area contributed by atoms with Crippen molar-refractivity contribution in [3.8, 4) is 23.0 Å². The first-order valence-electron chi connectivity index (χ1n) is 15.4. The molecule has 3 fully saturated rings. The Hall–Kier alpha value is -3.60. The fourth-order valence-corrected chi connectivity index (χ4v) is 7.40. The van der Waals surface area contributed by atoms with E-state index in [4.69, 9.17) is 14.5 Å². The molecule has 43 heavy (non-hydrogen) atoms. The summed E-state index contributed by atoms with van der Waals surface area (Å²) in [6.45, 7) is 4.90. The number of rotatable bonds is 6. The molecule has 226 valence electrons. The molecule has 0 spiro atoms. The summed E-state index contributed by atoms with van der Waals surface area (Å²) in [5.41, 5.74) is 1.76. The van der Waals surface area contributed by atoms with Gasteiger partial charge in [0.2, 0.25) is 0 Å². The number of piperidine rings is 1. The summed E-state index contributed by atoms with van der Waals surface area (Å²) in [6, 6.07) is 9.62. The van der Waals surface area contributed by atoms with Gasteiger partial charge in [-0.1, -0.05) is 31.5 Å². The lowest BCUT2D eigenvalue weighted by molar-refractivity contribution is 0.0597. The molecule has 10 heteroatoms. The van der Waals surface area contributed by atoms with Crippen LogP contribution in [0.25, 0.3) is 32.9 Å². The van der Waals surface area contributed by atoms with Gasteiger partial charge in [-0.2, -0.15) is 9.97 Å². The van der Waals surface area contributed by atoms with Crippen LogP contribution >= 0.6 is 0 Å². The van der Waals surface area contributed by atoms with Crippen molar-refractivity contribution >= 4 is 27.5 Å². The van der Waals surface area contributed by atoms with Gasteiger partial charge >= 0.3 is 6.01 Å². The lowest BCUT2D eigenvalue weighted by atomic mass is 9.76. The number of phenolic OH excluding ortho intramolecular Hbond substituents is 1. The Morgan fingerprint density at radius 1 is 1.21 bits per heavy atom. The number of β-amino-alcohol motifs (C(OH)–C–C–N with tert-alkyl or cyclic N) is 1. The summed E-state index contributed by atoms with van der Waals surface area (Å²) in [6.07, 6.45) is 7.14. The van der Waals surface area contributed by atoms with E-state index in [1.807, 2.05) is 30.0 Å². The molecule has 4 aromatic rings. The zero-order valence-corrected chi connectivity index (χ0v) is 24.5. The number of ether oxygens (including phenoxy) is 2. The number of pyridine rings is 1. The third-order valence-corrected chi connectivity index (χ3v) is 9.51. The van der Waals surface area contributed by atoms with Gasteiger partial charge in [-0.25, -0.2) is 4.39 Å². The predicted octanol–water partition coefficient (Wildman–Crippen LogP) is 4.75. The van der Waals surface area contributed by atoms with Crippen LogP contribution in [0.5, 0.6) is 11.8 Å². The highest BCUT2D eigenvalue weighted by molar-refractivity contribution is 6.01. The maximum atomic E-state index is 16.8. The molecule has 9 nitrogen and oxygen atoms in total. The summed E-state index contributed by atoms with van der Waals surface area (Å²) in [5, 5.41) is 26.8. The lowest BCUT2D eigenvalue weighted by Gasteiger charge is -2.39. The first kappa shape index (κ1) is 28.2. The molecule has 0 amide bonds. The van der Waals surface area contributed by atoms with Gasteiger partial charge in [0.05, 0.1) is 31.3 Å². The number of fused-ring (bicyclic) bond motifs is 3. The molecule has 4 heterocycles. The fraction of sp³-hybridized carbons (Fsp3) is 0.485. The van der Waals surface area contributed by atoms with E-state index in [-0.39, 0.29) is 41.5 Å². The first-order valence-corrected chi connectivity index (χ1v) is 15.4. The number of aliphatic hydroxyl groups excluding tert-OH is 1. The van der Waals surface area contributed by atoms with Crippen molar-refractivity contribution in [1.82, 2.24) is 20.3 Å². The molecule has 2 aromatic carbocycles. The van der Waals surface area contributed by atoms with Crippen molar-refractivity contribution in [2.75, 3.05) is 44.4 Å². The third-order valence-electron chi connectivity index (χ3n) is 9.51. The number of benzene rings is 2. The van der Waals surface area contributed by atoms with E-state index in [9.17, 15) is 10.2 Å². The zero-order chi connectivity index (χ0) is 29.6. The molecule has 3 N–H and O–H groups in total. The number of hydrogen-bond acceptors (Lipinski definition) is 9. The Balaban J connectivity index is 1.37. The quantitative estimate of drug-likeness (QED) is 0.294. The summed E-state index contributed by atoms with van der Waals surface area (Å²) in [7, 11) is 0. The van der Waals surface area contributed by atoms with Crippen LogP contribution in [0.15, 0.2) is 36.5 Å². The molecule has 3 aliphatic rings. The Morgan fingerprint density at radius 3 is 2.98 bits per heavy atom. The number of phenols is 1. The highest BCUT2D eigenvalue weighted by atomic mass is 19.1. The summed E-state index contributed by atoms with van der Waals surface area (Å²) < 4.78 is 28.7. The number of aliphatic hydroxyl groups is 1. The number of hydrogen-bond donors (Lipinski definition) is 3. The number of aromatic nitrogens is 3. The summed E-state index contributed by atoms with van der Waals surface area (Å²) in [4.78, 5) is 15.9. The number of nitrogens with zero attached hydrogens (tertiary/aromatic N) is 4. The largest absolute Gasteiger partial charge is 0.508 e. The minimum atomic E-state index is -0.716. The van der Waals surface area contributed by atoms with E-state index in [1.54, 1.807) is 18.3 Å². The SMILES string of the molecule is CCc1cccc2cc(O)cc(-c3ncc4c(N5CCOCC(O)C5)nc(OCC56CCCNC5CCC6)nc4c3F)c12. The van der Waals surface area contributed by atoms with Crippen LogP contribution in [-0.2, 0) is 11.2 Å². The maximum Gasteiger partial charge on any atom is 0.319 e. The van der Waals surface area contributed by atoms with Crippen molar-refractivity contribution in [3.05, 3.63) is 47.9 Å². The van der Waals surface area contributed by atoms with Crippen LogP contribution in [0.3, 0.4) is 0 Å². The minimum absolute atomic E-state index is 0.0162. The number of anilines is 1. The molecular formula is C33H38FN5O4. The molecule has 3 unspecified atom stereocenters. The van der Waals surface area contributed by atoms with E-state index < -0.39 is 11.9 Å². The highest BCUT2D eigenvalue weighted by Gasteiger charge is 2.45. The average molecular weight is 588 g/mol. The maximum absolute atomic E-state index is 16.8. The number of nitrogens with one attached hydrogen (secondary N) is 1.